The summed E-state index contributed by atoms with van der Waals surface area (Å²) < 4.78 is 5.34. The summed E-state index contributed by atoms with van der Waals surface area (Å²) in [4.78, 5) is 27.1. The minimum Gasteiger partial charge on any atom is -0.463 e. The second-order valence-electron chi connectivity index (χ2n) is 8.39. The molecule has 182 valence electrons. The van der Waals surface area contributed by atoms with Gasteiger partial charge in [0.25, 0.3) is 0 Å². The van der Waals surface area contributed by atoms with Gasteiger partial charge in [0.15, 0.2) is 5.11 Å². The van der Waals surface area contributed by atoms with Crippen LogP contribution in [0.4, 0.5) is 5.69 Å². The zero-order chi connectivity index (χ0) is 24.2. The van der Waals surface area contributed by atoms with Gasteiger partial charge in [-0.05, 0) is 57.1 Å². The number of rotatable bonds is 13. The summed E-state index contributed by atoms with van der Waals surface area (Å²) in [7, 11) is 0. The van der Waals surface area contributed by atoms with Gasteiger partial charge in [-0.3, -0.25) is 4.79 Å². The van der Waals surface area contributed by atoms with Crippen LogP contribution in [-0.2, 0) is 14.3 Å². The highest BCUT2D eigenvalue weighted by molar-refractivity contribution is 7.80. The van der Waals surface area contributed by atoms with Crippen LogP contribution in [0.1, 0.15) is 90.7 Å². The average Bonchev–Trinajstić information content (AvgIpc) is 2.78. The van der Waals surface area contributed by atoms with Crippen LogP contribution in [0.3, 0.4) is 0 Å². The van der Waals surface area contributed by atoms with Gasteiger partial charge in [-0.2, -0.15) is 0 Å². The summed E-state index contributed by atoms with van der Waals surface area (Å²) in [6.07, 6.45) is 8.76. The lowest BCUT2D eigenvalue weighted by atomic mass is 9.94. The van der Waals surface area contributed by atoms with E-state index in [0.29, 0.717) is 35.9 Å². The number of amides is 1. The highest BCUT2D eigenvalue weighted by Gasteiger charge is 2.34. The van der Waals surface area contributed by atoms with Gasteiger partial charge in [0.2, 0.25) is 5.91 Å². The second-order valence-corrected chi connectivity index (χ2v) is 8.78. The molecular formula is C26H39N3O3S. The molecule has 1 amide bonds. The summed E-state index contributed by atoms with van der Waals surface area (Å²) in [6.45, 7) is 8.84. The summed E-state index contributed by atoms with van der Waals surface area (Å²) in [5, 5.41) is 6.86. The molecule has 0 bridgehead atoms. The maximum Gasteiger partial charge on any atom is 0.338 e. The van der Waals surface area contributed by atoms with E-state index in [9.17, 15) is 9.59 Å². The van der Waals surface area contributed by atoms with Crippen LogP contribution in [0.25, 0.3) is 0 Å². The Morgan fingerprint density at radius 2 is 1.79 bits per heavy atom. The third kappa shape index (κ3) is 7.84. The van der Waals surface area contributed by atoms with Crippen LogP contribution in [0.15, 0.2) is 35.5 Å². The maximum atomic E-state index is 12.8. The van der Waals surface area contributed by atoms with Crippen molar-refractivity contribution in [2.45, 2.75) is 85.1 Å². The molecule has 6 nitrogen and oxygen atoms in total. The molecule has 0 spiro atoms. The first-order chi connectivity index (χ1) is 15.9. The number of allylic oxidation sites excluding steroid dienone is 1. The number of nitrogens with one attached hydrogen (secondary N) is 2. The Kier molecular flexibility index (Phi) is 11.4. The van der Waals surface area contributed by atoms with E-state index < -0.39 is 6.04 Å². The summed E-state index contributed by atoms with van der Waals surface area (Å²) in [6, 6.07) is 7.15. The van der Waals surface area contributed by atoms with Gasteiger partial charge < -0.3 is 20.3 Å². The van der Waals surface area contributed by atoms with Crippen molar-refractivity contribution in [1.82, 2.24) is 10.2 Å². The summed E-state index contributed by atoms with van der Waals surface area (Å²) >= 11 is 5.54. The van der Waals surface area contributed by atoms with Crippen LogP contribution >= 0.6 is 12.2 Å². The molecule has 0 radical (unpaired) electrons. The maximum absolute atomic E-state index is 12.8. The molecule has 2 N–H and O–H groups in total. The van der Waals surface area contributed by atoms with Gasteiger partial charge in [0.05, 0.1) is 18.2 Å². The molecule has 1 unspecified atom stereocenters. The van der Waals surface area contributed by atoms with E-state index in [2.05, 4.69) is 17.6 Å². The molecule has 33 heavy (non-hydrogen) atoms. The average molecular weight is 474 g/mol. The Hall–Kier alpha value is -2.41. The molecule has 0 fully saturated rings. The summed E-state index contributed by atoms with van der Waals surface area (Å²) in [5.41, 5.74) is 2.90. The molecule has 2 rings (SSSR count). The lowest BCUT2D eigenvalue weighted by molar-refractivity contribution is -0.139. The first-order valence-electron chi connectivity index (χ1n) is 12.3. The topological polar surface area (TPSA) is 70.7 Å². The number of anilines is 1. The largest absolute Gasteiger partial charge is 0.463 e. The van der Waals surface area contributed by atoms with E-state index in [1.54, 1.807) is 6.92 Å². The zero-order valence-electron chi connectivity index (χ0n) is 20.5. The Balaban J connectivity index is 2.07. The number of thiocarbonyl (C=S) groups is 1. The monoisotopic (exact) mass is 473 g/mol. The number of ether oxygens (including phenoxy) is 1. The molecule has 1 heterocycles. The van der Waals surface area contributed by atoms with Gasteiger partial charge >= 0.3 is 5.97 Å². The van der Waals surface area contributed by atoms with Crippen LogP contribution in [0, 0.1) is 0 Å². The fourth-order valence-corrected chi connectivity index (χ4v) is 4.53. The Morgan fingerprint density at radius 1 is 1.09 bits per heavy atom. The Bertz CT molecular complexity index is 853. The number of hydrogen-bond acceptors (Lipinski definition) is 4. The van der Waals surface area contributed by atoms with Gasteiger partial charge in [-0.15, -0.1) is 0 Å². The molecule has 0 saturated carbocycles. The SMILES string of the molecule is CCCCCCCCCC(=O)Nc1cccc(C2NC(=S)N(CC)C(C)=C2C(=O)OCC)c1. The number of carbonyl (C=O) groups excluding carboxylic acids is 2. The van der Waals surface area contributed by atoms with Crippen molar-refractivity contribution in [2.24, 2.45) is 0 Å². The van der Waals surface area contributed by atoms with Crippen LogP contribution in [0.2, 0.25) is 0 Å². The van der Waals surface area contributed by atoms with Gasteiger partial charge in [0.1, 0.15) is 0 Å². The van der Waals surface area contributed by atoms with Crippen molar-refractivity contribution in [3.8, 4) is 0 Å². The standard InChI is InChI=1S/C26H39N3O3S/c1-5-8-9-10-11-12-13-17-22(30)27-21-16-14-15-20(18-21)24-23(25(31)32-7-3)19(4)29(6-2)26(33)28-24/h14-16,18,24H,5-13,17H2,1-4H3,(H,27,30)(H,28,33). The van der Waals surface area contributed by atoms with E-state index in [-0.39, 0.29) is 11.9 Å². The van der Waals surface area contributed by atoms with Crippen molar-refractivity contribution in [1.29, 1.82) is 0 Å². The van der Waals surface area contributed by atoms with Crippen molar-refractivity contribution < 1.29 is 14.3 Å². The Labute approximate surface area is 204 Å². The van der Waals surface area contributed by atoms with Crippen LogP contribution in [-0.4, -0.2) is 35.0 Å². The molecule has 1 aliphatic heterocycles. The van der Waals surface area contributed by atoms with Crippen molar-refractivity contribution in [3.05, 3.63) is 41.1 Å². The number of carbonyl (C=O) groups is 2. The molecule has 1 aromatic rings. The minimum absolute atomic E-state index is 0.0160. The number of esters is 1. The first kappa shape index (κ1) is 26.8. The number of unbranched alkanes of at least 4 members (excludes halogenated alkanes) is 6. The molecule has 1 aliphatic rings. The van der Waals surface area contributed by atoms with Crippen LogP contribution in [0.5, 0.6) is 0 Å². The van der Waals surface area contributed by atoms with Gasteiger partial charge in [-0.25, -0.2) is 4.79 Å². The number of benzene rings is 1. The number of nitrogens with zero attached hydrogens (tertiary/aromatic N) is 1. The molecule has 0 aliphatic carbocycles. The van der Waals surface area contributed by atoms with Gasteiger partial charge in [0, 0.05) is 24.4 Å². The summed E-state index contributed by atoms with van der Waals surface area (Å²) in [5.74, 6) is -0.343. The fourth-order valence-electron chi connectivity index (χ4n) is 4.15. The van der Waals surface area contributed by atoms with Crippen molar-refractivity contribution in [2.75, 3.05) is 18.5 Å². The van der Waals surface area contributed by atoms with Crippen LogP contribution < -0.4 is 10.6 Å². The molecule has 1 atom stereocenters. The van der Waals surface area contributed by atoms with E-state index in [1.165, 1.54) is 32.1 Å². The fraction of sp³-hybridized carbons (Fsp3) is 0.577. The van der Waals surface area contributed by atoms with Crippen molar-refractivity contribution >= 4 is 34.9 Å². The predicted octanol–water partition coefficient (Wildman–Crippen LogP) is 5.85. The minimum atomic E-state index is -0.431. The highest BCUT2D eigenvalue weighted by atomic mass is 32.1. The van der Waals surface area contributed by atoms with E-state index >= 15 is 0 Å². The van der Waals surface area contributed by atoms with Crippen molar-refractivity contribution in [3.63, 3.8) is 0 Å². The molecule has 0 aromatic heterocycles. The zero-order valence-corrected chi connectivity index (χ0v) is 21.4. The molecular weight excluding hydrogens is 434 g/mol. The van der Waals surface area contributed by atoms with E-state index in [1.807, 2.05) is 43.0 Å². The first-order valence-corrected chi connectivity index (χ1v) is 12.7. The third-order valence-electron chi connectivity index (χ3n) is 5.92. The second kappa shape index (κ2) is 14.0. The molecule has 1 aromatic carbocycles. The number of hydrogen-bond donors (Lipinski definition) is 2. The lowest BCUT2D eigenvalue weighted by Crippen LogP contribution is -2.47. The molecule has 0 saturated heterocycles. The Morgan fingerprint density at radius 3 is 2.45 bits per heavy atom. The predicted molar refractivity (Wildman–Crippen MR) is 138 cm³/mol. The normalized spacial score (nSPS) is 15.9. The van der Waals surface area contributed by atoms with Gasteiger partial charge in [-0.1, -0.05) is 57.6 Å². The highest BCUT2D eigenvalue weighted by Crippen LogP contribution is 2.32. The lowest BCUT2D eigenvalue weighted by Gasteiger charge is -2.37. The molecule has 7 heteroatoms. The quantitative estimate of drug-likeness (QED) is 0.213. The smallest absolute Gasteiger partial charge is 0.338 e. The van der Waals surface area contributed by atoms with E-state index in [0.717, 1.165) is 24.1 Å². The van der Waals surface area contributed by atoms with E-state index in [4.69, 9.17) is 17.0 Å². The third-order valence-corrected chi connectivity index (χ3v) is 6.26.